The molecule has 6 heteroatoms. The third-order valence-corrected chi connectivity index (χ3v) is 4.64. The summed E-state index contributed by atoms with van der Waals surface area (Å²) in [5, 5.41) is 4.07. The molecule has 0 aliphatic heterocycles. The number of carbonyl (C=O) groups excluding carboxylic acids is 1. The maximum Gasteiger partial charge on any atom is 0.196 e. The van der Waals surface area contributed by atoms with E-state index in [2.05, 4.69) is 5.10 Å². The Labute approximate surface area is 102 Å². The third-order valence-electron chi connectivity index (χ3n) is 2.68. The highest BCUT2D eigenvalue weighted by Gasteiger charge is 2.25. The molecule has 0 aromatic carbocycles. The van der Waals surface area contributed by atoms with Crippen LogP contribution in [0.1, 0.15) is 50.0 Å². The molecule has 96 valence electrons. The molecule has 0 fully saturated rings. The first kappa shape index (κ1) is 13.9. The quantitative estimate of drug-likeness (QED) is 0.730. The van der Waals surface area contributed by atoms with E-state index in [1.165, 1.54) is 10.9 Å². The zero-order chi connectivity index (χ0) is 13.1. The zero-order valence-electron chi connectivity index (χ0n) is 10.4. The Morgan fingerprint density at radius 3 is 2.59 bits per heavy atom. The van der Waals surface area contributed by atoms with Gasteiger partial charge < -0.3 is 0 Å². The Hall–Kier alpha value is -1.17. The van der Waals surface area contributed by atoms with Gasteiger partial charge in [-0.05, 0) is 19.8 Å². The van der Waals surface area contributed by atoms with Gasteiger partial charge in [-0.25, -0.2) is 8.42 Å². The maximum atomic E-state index is 12.1. The van der Waals surface area contributed by atoms with E-state index in [1.54, 1.807) is 6.92 Å². The molecule has 0 amide bonds. The fraction of sp³-hybridized carbons (Fsp3) is 0.636. The van der Waals surface area contributed by atoms with Crippen molar-refractivity contribution in [2.45, 2.75) is 44.7 Å². The van der Waals surface area contributed by atoms with Gasteiger partial charge in [0.15, 0.2) is 21.1 Å². The van der Waals surface area contributed by atoms with Crippen LogP contribution in [0.25, 0.3) is 0 Å². The van der Waals surface area contributed by atoms with E-state index in [4.69, 9.17) is 0 Å². The monoisotopic (exact) mass is 258 g/mol. The second-order valence-corrected chi connectivity index (χ2v) is 6.07. The van der Waals surface area contributed by atoms with E-state index in [-0.39, 0.29) is 22.4 Å². The molecule has 0 saturated heterocycles. The van der Waals surface area contributed by atoms with E-state index in [0.29, 0.717) is 12.7 Å². The van der Waals surface area contributed by atoms with Crippen molar-refractivity contribution >= 4 is 16.1 Å². The molecular weight excluding hydrogens is 240 g/mol. The number of sulfone groups is 1. The molecular formula is C11H18N2O3S. The standard InChI is InChI=1S/C11H18N2O3S/c1-4-6-17(15,16)11-10(8-14)7-12-13(11)9(3)5-2/h7-9H,4-6H2,1-3H3. The fourth-order valence-corrected chi connectivity index (χ4v) is 3.32. The summed E-state index contributed by atoms with van der Waals surface area (Å²) < 4.78 is 25.6. The van der Waals surface area contributed by atoms with Gasteiger partial charge in [0, 0.05) is 0 Å². The summed E-state index contributed by atoms with van der Waals surface area (Å²) in [6.45, 7) is 5.62. The van der Waals surface area contributed by atoms with Gasteiger partial charge in [-0.3, -0.25) is 9.48 Å². The van der Waals surface area contributed by atoms with E-state index < -0.39 is 9.84 Å². The molecule has 1 atom stereocenters. The van der Waals surface area contributed by atoms with Crippen molar-refractivity contribution in [1.29, 1.82) is 0 Å². The molecule has 17 heavy (non-hydrogen) atoms. The molecule has 1 rings (SSSR count). The third kappa shape index (κ3) is 2.74. The molecule has 0 aliphatic rings. The molecule has 0 radical (unpaired) electrons. The van der Waals surface area contributed by atoms with Gasteiger partial charge in [0.2, 0.25) is 0 Å². The van der Waals surface area contributed by atoms with Crippen LogP contribution in [-0.4, -0.2) is 30.2 Å². The van der Waals surface area contributed by atoms with Crippen molar-refractivity contribution in [2.24, 2.45) is 0 Å². The number of hydrogen-bond donors (Lipinski definition) is 0. The first-order valence-electron chi connectivity index (χ1n) is 5.73. The zero-order valence-corrected chi connectivity index (χ0v) is 11.2. The van der Waals surface area contributed by atoms with Crippen molar-refractivity contribution in [3.8, 4) is 0 Å². The number of hydrogen-bond acceptors (Lipinski definition) is 4. The minimum absolute atomic E-state index is 0.0367. The summed E-state index contributed by atoms with van der Waals surface area (Å²) >= 11 is 0. The van der Waals surface area contributed by atoms with Crippen molar-refractivity contribution in [3.05, 3.63) is 11.8 Å². The second kappa shape index (κ2) is 5.44. The van der Waals surface area contributed by atoms with Crippen LogP contribution >= 0.6 is 0 Å². The summed E-state index contributed by atoms with van der Waals surface area (Å²) in [7, 11) is -3.43. The van der Waals surface area contributed by atoms with Crippen molar-refractivity contribution in [2.75, 3.05) is 5.75 Å². The number of nitrogens with zero attached hydrogens (tertiary/aromatic N) is 2. The molecule has 5 nitrogen and oxygen atoms in total. The van der Waals surface area contributed by atoms with E-state index in [1.807, 2.05) is 13.8 Å². The van der Waals surface area contributed by atoms with Crippen molar-refractivity contribution in [1.82, 2.24) is 9.78 Å². The first-order chi connectivity index (χ1) is 7.97. The van der Waals surface area contributed by atoms with Crippen LogP contribution in [0.4, 0.5) is 0 Å². The lowest BCUT2D eigenvalue weighted by atomic mass is 10.3. The highest BCUT2D eigenvalue weighted by Crippen LogP contribution is 2.21. The number of rotatable bonds is 6. The predicted molar refractivity (Wildman–Crippen MR) is 65.0 cm³/mol. The first-order valence-corrected chi connectivity index (χ1v) is 7.38. The highest BCUT2D eigenvalue weighted by molar-refractivity contribution is 7.91. The van der Waals surface area contributed by atoms with Crippen LogP contribution in [-0.2, 0) is 9.84 Å². The summed E-state index contributed by atoms with van der Waals surface area (Å²) in [5.41, 5.74) is 0.152. The van der Waals surface area contributed by atoms with Gasteiger partial charge in [0.05, 0.1) is 23.6 Å². The summed E-state index contributed by atoms with van der Waals surface area (Å²) in [4.78, 5) is 10.9. The highest BCUT2D eigenvalue weighted by atomic mass is 32.2. The van der Waals surface area contributed by atoms with Gasteiger partial charge in [-0.15, -0.1) is 0 Å². The van der Waals surface area contributed by atoms with Crippen LogP contribution in [0.2, 0.25) is 0 Å². The normalized spacial score (nSPS) is 13.6. The van der Waals surface area contributed by atoms with Crippen LogP contribution in [0.3, 0.4) is 0 Å². The lowest BCUT2D eigenvalue weighted by Crippen LogP contribution is -2.17. The Bertz CT molecular complexity index is 491. The van der Waals surface area contributed by atoms with Crippen LogP contribution in [0.15, 0.2) is 11.2 Å². The van der Waals surface area contributed by atoms with Gasteiger partial charge in [-0.2, -0.15) is 5.10 Å². The lowest BCUT2D eigenvalue weighted by Gasteiger charge is -2.14. The topological polar surface area (TPSA) is 69.0 Å². The van der Waals surface area contributed by atoms with Gasteiger partial charge in [-0.1, -0.05) is 13.8 Å². The number of aldehydes is 1. The number of carbonyl (C=O) groups is 1. The second-order valence-electron chi connectivity index (χ2n) is 4.04. The van der Waals surface area contributed by atoms with Crippen LogP contribution in [0.5, 0.6) is 0 Å². The molecule has 0 bridgehead atoms. The smallest absolute Gasteiger partial charge is 0.196 e. The lowest BCUT2D eigenvalue weighted by molar-refractivity contribution is 0.112. The minimum atomic E-state index is -3.43. The van der Waals surface area contributed by atoms with Gasteiger partial charge >= 0.3 is 0 Å². The Morgan fingerprint density at radius 2 is 2.12 bits per heavy atom. The van der Waals surface area contributed by atoms with Gasteiger partial charge in [0.1, 0.15) is 0 Å². The maximum absolute atomic E-state index is 12.1. The van der Waals surface area contributed by atoms with Crippen molar-refractivity contribution < 1.29 is 13.2 Å². The van der Waals surface area contributed by atoms with Crippen molar-refractivity contribution in [3.63, 3.8) is 0 Å². The molecule has 1 aromatic heterocycles. The summed E-state index contributed by atoms with van der Waals surface area (Å²) in [6, 6.07) is -0.0367. The minimum Gasteiger partial charge on any atom is -0.298 e. The molecule has 1 heterocycles. The predicted octanol–water partition coefficient (Wildman–Crippen LogP) is 1.85. The average molecular weight is 258 g/mol. The van der Waals surface area contributed by atoms with E-state index in [9.17, 15) is 13.2 Å². The largest absolute Gasteiger partial charge is 0.298 e. The van der Waals surface area contributed by atoms with E-state index >= 15 is 0 Å². The van der Waals surface area contributed by atoms with Gasteiger partial charge in [0.25, 0.3) is 0 Å². The number of aromatic nitrogens is 2. The Balaban J connectivity index is 3.38. The molecule has 0 spiro atoms. The molecule has 0 saturated carbocycles. The van der Waals surface area contributed by atoms with Crippen LogP contribution in [0, 0.1) is 0 Å². The van der Waals surface area contributed by atoms with Crippen LogP contribution < -0.4 is 0 Å². The van der Waals surface area contributed by atoms with E-state index in [0.717, 1.165) is 6.42 Å². The average Bonchev–Trinajstić information content (AvgIpc) is 2.72. The SMILES string of the molecule is CCCS(=O)(=O)c1c(C=O)cnn1C(C)CC. The summed E-state index contributed by atoms with van der Waals surface area (Å²) in [5.74, 6) is 0.0377. The fourth-order valence-electron chi connectivity index (χ4n) is 1.62. The molecule has 0 aliphatic carbocycles. The Morgan fingerprint density at radius 1 is 1.47 bits per heavy atom. The summed E-state index contributed by atoms with van der Waals surface area (Å²) in [6.07, 6.45) is 3.15. The Kier molecular flexibility index (Phi) is 4.45. The molecule has 1 unspecified atom stereocenters. The molecule has 0 N–H and O–H groups in total. The molecule has 1 aromatic rings.